The second kappa shape index (κ2) is 9.23. The maximum Gasteiger partial charge on any atom is 0.313 e. The largest absolute Gasteiger partial charge is 0.461 e. The van der Waals surface area contributed by atoms with Crippen molar-refractivity contribution in [2.75, 3.05) is 19.8 Å². The van der Waals surface area contributed by atoms with E-state index in [0.717, 1.165) is 6.42 Å². The van der Waals surface area contributed by atoms with Gasteiger partial charge in [-0.25, -0.2) is 0 Å². The van der Waals surface area contributed by atoms with Crippen molar-refractivity contribution in [3.8, 4) is 0 Å². The van der Waals surface area contributed by atoms with Gasteiger partial charge < -0.3 is 24.4 Å². The molecule has 0 aliphatic carbocycles. The van der Waals surface area contributed by atoms with E-state index in [0.29, 0.717) is 13.0 Å². The van der Waals surface area contributed by atoms with Crippen molar-refractivity contribution in [1.29, 1.82) is 0 Å². The standard InChI is InChI=1S/C29H44N2O6/c1-9-28-12-11-15-36-25(35)21(28)20-23(33)31(19(16-32)18(2)3)22-24(34)30(14-10-13-29(20,22)37-28)27(7,8)17-26(4,5)6/h10-13,18-22,32H,9,14-17H2,1-8H3/t19-,20-,21-,22?,28+,29-/m0/s1. The Balaban J connectivity index is 1.92. The summed E-state index contributed by atoms with van der Waals surface area (Å²) in [5, 5.41) is 10.4. The number of cyclic esters (lactones) is 1. The van der Waals surface area contributed by atoms with Crippen molar-refractivity contribution >= 4 is 17.8 Å². The van der Waals surface area contributed by atoms with Crippen LogP contribution >= 0.6 is 0 Å². The number of amides is 2. The maximum absolute atomic E-state index is 14.6. The molecule has 6 atom stereocenters. The number of aliphatic hydroxyl groups excluding tert-OH is 1. The molecule has 1 N–H and O–H groups in total. The van der Waals surface area contributed by atoms with Crippen LogP contribution in [0.3, 0.4) is 0 Å². The molecule has 0 radical (unpaired) electrons. The predicted octanol–water partition coefficient (Wildman–Crippen LogP) is 3.09. The van der Waals surface area contributed by atoms with Gasteiger partial charge in [0, 0.05) is 12.1 Å². The molecule has 4 rings (SSSR count). The average Bonchev–Trinajstić information content (AvgIpc) is 3.04. The topological polar surface area (TPSA) is 96.4 Å². The van der Waals surface area contributed by atoms with E-state index in [1.165, 1.54) is 4.90 Å². The third-order valence-corrected chi connectivity index (χ3v) is 8.64. The molecule has 206 valence electrons. The van der Waals surface area contributed by atoms with Gasteiger partial charge in [0.1, 0.15) is 29.8 Å². The maximum atomic E-state index is 14.6. The minimum Gasteiger partial charge on any atom is -0.461 e. The van der Waals surface area contributed by atoms with Crippen LogP contribution in [0.25, 0.3) is 0 Å². The van der Waals surface area contributed by atoms with Crippen LogP contribution in [0.4, 0.5) is 0 Å². The fraction of sp³-hybridized carbons (Fsp3) is 0.759. The number of hydrogen-bond donors (Lipinski definition) is 1. The van der Waals surface area contributed by atoms with Crippen molar-refractivity contribution in [1.82, 2.24) is 9.80 Å². The van der Waals surface area contributed by atoms with E-state index in [2.05, 4.69) is 34.6 Å². The van der Waals surface area contributed by atoms with E-state index in [1.807, 2.05) is 43.9 Å². The molecule has 4 aliphatic heterocycles. The number of likely N-dealkylation sites (tertiary alicyclic amines) is 1. The Kier molecular flexibility index (Phi) is 6.94. The van der Waals surface area contributed by atoms with Crippen LogP contribution in [0.5, 0.6) is 0 Å². The minimum absolute atomic E-state index is 0.0331. The third kappa shape index (κ3) is 4.24. The quantitative estimate of drug-likeness (QED) is 0.431. The number of esters is 1. The second-order valence-corrected chi connectivity index (χ2v) is 13.3. The summed E-state index contributed by atoms with van der Waals surface area (Å²) in [5.74, 6) is -2.95. The Hall–Kier alpha value is -2.19. The van der Waals surface area contributed by atoms with Gasteiger partial charge in [-0.1, -0.05) is 59.8 Å². The highest BCUT2D eigenvalue weighted by molar-refractivity contribution is 5.99. The second-order valence-electron chi connectivity index (χ2n) is 13.3. The van der Waals surface area contributed by atoms with Crippen molar-refractivity contribution in [2.24, 2.45) is 23.2 Å². The Bertz CT molecular complexity index is 1010. The highest BCUT2D eigenvalue weighted by Crippen LogP contribution is 2.59. The summed E-state index contributed by atoms with van der Waals surface area (Å²) < 4.78 is 12.4. The molecule has 2 saturated heterocycles. The average molecular weight is 517 g/mol. The lowest BCUT2D eigenvalue weighted by Crippen LogP contribution is -2.62. The molecular weight excluding hydrogens is 472 g/mol. The summed E-state index contributed by atoms with van der Waals surface area (Å²) in [7, 11) is 0. The molecule has 8 heteroatoms. The van der Waals surface area contributed by atoms with Crippen LogP contribution in [-0.2, 0) is 23.9 Å². The fourth-order valence-electron chi connectivity index (χ4n) is 7.45. The Morgan fingerprint density at radius 2 is 1.73 bits per heavy atom. The van der Waals surface area contributed by atoms with Gasteiger partial charge >= 0.3 is 5.97 Å². The molecule has 0 bridgehead atoms. The van der Waals surface area contributed by atoms with Gasteiger partial charge in [0.15, 0.2) is 0 Å². The number of nitrogens with zero attached hydrogens (tertiary/aromatic N) is 2. The molecule has 2 amide bonds. The number of ether oxygens (including phenoxy) is 2. The lowest BCUT2D eigenvalue weighted by molar-refractivity contribution is -0.164. The van der Waals surface area contributed by atoms with Gasteiger partial charge in [0.25, 0.3) is 0 Å². The van der Waals surface area contributed by atoms with Gasteiger partial charge in [-0.05, 0) is 44.1 Å². The van der Waals surface area contributed by atoms with Crippen LogP contribution in [0.2, 0.25) is 0 Å². The smallest absolute Gasteiger partial charge is 0.313 e. The first-order valence-electron chi connectivity index (χ1n) is 13.6. The Morgan fingerprint density at radius 3 is 2.30 bits per heavy atom. The molecular formula is C29H44N2O6. The SMILES string of the molecule is CC[C@@]12C=CCOC(=O)[C@@H]1[C@H]1C(=O)N([C@@H](CO)C(C)C)C3C(=O)N(C(C)(C)CC(C)(C)C)CC=C[C@@]31O2. The van der Waals surface area contributed by atoms with Gasteiger partial charge in [0.05, 0.1) is 18.6 Å². The zero-order valence-corrected chi connectivity index (χ0v) is 23.6. The number of rotatable bonds is 6. The normalized spacial score (nSPS) is 34.8. The van der Waals surface area contributed by atoms with Crippen LogP contribution in [0.15, 0.2) is 24.3 Å². The molecule has 8 nitrogen and oxygen atoms in total. The van der Waals surface area contributed by atoms with E-state index < -0.39 is 46.6 Å². The monoisotopic (exact) mass is 516 g/mol. The summed E-state index contributed by atoms with van der Waals surface area (Å²) in [6.07, 6.45) is 8.59. The first kappa shape index (κ1) is 27.8. The highest BCUT2D eigenvalue weighted by atomic mass is 16.6. The first-order valence-corrected chi connectivity index (χ1v) is 13.6. The molecule has 1 spiro atoms. The van der Waals surface area contributed by atoms with E-state index in [-0.39, 0.29) is 36.4 Å². The molecule has 4 heterocycles. The van der Waals surface area contributed by atoms with E-state index in [1.54, 1.807) is 6.08 Å². The van der Waals surface area contributed by atoms with E-state index in [9.17, 15) is 19.5 Å². The third-order valence-electron chi connectivity index (χ3n) is 8.64. The number of aliphatic hydroxyl groups is 1. The fourth-order valence-corrected chi connectivity index (χ4v) is 7.45. The molecule has 0 aromatic heterocycles. The summed E-state index contributed by atoms with van der Waals surface area (Å²) in [4.78, 5) is 45.7. The Labute approximate surface area is 221 Å². The van der Waals surface area contributed by atoms with Crippen molar-refractivity contribution in [2.45, 2.75) is 97.1 Å². The van der Waals surface area contributed by atoms with Crippen molar-refractivity contribution in [3.63, 3.8) is 0 Å². The molecule has 1 unspecified atom stereocenters. The lowest BCUT2D eigenvalue weighted by Gasteiger charge is -2.46. The zero-order valence-electron chi connectivity index (χ0n) is 23.6. The summed E-state index contributed by atoms with van der Waals surface area (Å²) >= 11 is 0. The lowest BCUT2D eigenvalue weighted by atomic mass is 9.73. The van der Waals surface area contributed by atoms with Gasteiger partial charge in [-0.2, -0.15) is 0 Å². The number of hydrogen-bond acceptors (Lipinski definition) is 6. The molecule has 2 fully saturated rings. The number of fused-ring (bicyclic) bond motifs is 2. The zero-order chi connectivity index (χ0) is 27.6. The molecule has 37 heavy (non-hydrogen) atoms. The van der Waals surface area contributed by atoms with Crippen molar-refractivity contribution < 1.29 is 29.0 Å². The molecule has 0 aromatic rings. The summed E-state index contributed by atoms with van der Waals surface area (Å²) in [6.45, 7) is 16.5. The Morgan fingerprint density at radius 1 is 1.05 bits per heavy atom. The molecule has 0 aromatic carbocycles. The van der Waals surface area contributed by atoms with Gasteiger partial charge in [0.2, 0.25) is 11.8 Å². The van der Waals surface area contributed by atoms with E-state index in [4.69, 9.17) is 9.47 Å². The van der Waals surface area contributed by atoms with Crippen LogP contribution < -0.4 is 0 Å². The molecule has 0 saturated carbocycles. The summed E-state index contributed by atoms with van der Waals surface area (Å²) in [5.41, 5.74) is -2.93. The first-order chi connectivity index (χ1) is 17.2. The molecule has 4 aliphatic rings. The van der Waals surface area contributed by atoms with Crippen LogP contribution in [0, 0.1) is 23.2 Å². The number of carbonyl (C=O) groups is 3. The van der Waals surface area contributed by atoms with Crippen LogP contribution in [-0.4, -0.2) is 81.3 Å². The van der Waals surface area contributed by atoms with Gasteiger partial charge in [-0.3, -0.25) is 14.4 Å². The highest BCUT2D eigenvalue weighted by Gasteiger charge is 2.76. The van der Waals surface area contributed by atoms with Crippen LogP contribution in [0.1, 0.15) is 68.2 Å². The van der Waals surface area contributed by atoms with Gasteiger partial charge in [-0.15, -0.1) is 0 Å². The summed E-state index contributed by atoms with van der Waals surface area (Å²) in [6, 6.07) is -1.60. The van der Waals surface area contributed by atoms with Crippen molar-refractivity contribution in [3.05, 3.63) is 24.3 Å². The number of carbonyl (C=O) groups excluding carboxylic acids is 3. The predicted molar refractivity (Wildman–Crippen MR) is 139 cm³/mol. The minimum atomic E-state index is -1.34. The van der Waals surface area contributed by atoms with E-state index >= 15 is 0 Å².